The maximum absolute atomic E-state index is 5.97. The summed E-state index contributed by atoms with van der Waals surface area (Å²) in [7, 11) is 0. The Morgan fingerprint density at radius 3 is 2.27 bits per heavy atom. The number of hydrogen-bond donors (Lipinski definition) is 2. The Kier molecular flexibility index (Phi) is 3.68. The van der Waals surface area contributed by atoms with E-state index >= 15 is 0 Å². The van der Waals surface area contributed by atoms with Crippen LogP contribution in [0.5, 0.6) is 0 Å². The summed E-state index contributed by atoms with van der Waals surface area (Å²) in [5, 5.41) is 3.77. The standard InChI is InChI=1S/C13H26N2/c1-2-11-5-7-13(10-14,8-6-11)15-9-12-3-4-12/h11-12,15H,2-10,14H2,1H3. The van der Waals surface area contributed by atoms with Crippen LogP contribution < -0.4 is 11.1 Å². The fourth-order valence-corrected chi connectivity index (χ4v) is 2.77. The highest BCUT2D eigenvalue weighted by Crippen LogP contribution is 2.35. The number of hydrogen-bond acceptors (Lipinski definition) is 2. The lowest BCUT2D eigenvalue weighted by molar-refractivity contribution is 0.189. The number of nitrogens with two attached hydrogens (primary N) is 1. The number of nitrogens with one attached hydrogen (secondary N) is 1. The molecular weight excluding hydrogens is 184 g/mol. The molecule has 0 unspecified atom stereocenters. The molecule has 3 N–H and O–H groups in total. The molecule has 2 heteroatoms. The van der Waals surface area contributed by atoms with Crippen LogP contribution in [0.25, 0.3) is 0 Å². The highest BCUT2D eigenvalue weighted by Gasteiger charge is 2.34. The van der Waals surface area contributed by atoms with Gasteiger partial charge in [0.1, 0.15) is 0 Å². The minimum atomic E-state index is 0.300. The van der Waals surface area contributed by atoms with Crippen molar-refractivity contribution in [2.24, 2.45) is 17.6 Å². The number of rotatable bonds is 5. The van der Waals surface area contributed by atoms with Gasteiger partial charge in [-0.15, -0.1) is 0 Å². The minimum absolute atomic E-state index is 0.300. The van der Waals surface area contributed by atoms with E-state index in [1.165, 1.54) is 51.5 Å². The van der Waals surface area contributed by atoms with E-state index in [-0.39, 0.29) is 0 Å². The molecule has 0 aromatic heterocycles. The zero-order valence-electron chi connectivity index (χ0n) is 10.1. The molecule has 2 rings (SSSR count). The van der Waals surface area contributed by atoms with Crippen molar-refractivity contribution in [3.8, 4) is 0 Å². The first-order valence-electron chi connectivity index (χ1n) is 6.73. The molecule has 2 nitrogen and oxygen atoms in total. The lowest BCUT2D eigenvalue weighted by atomic mass is 9.75. The van der Waals surface area contributed by atoms with E-state index in [1.807, 2.05) is 0 Å². The summed E-state index contributed by atoms with van der Waals surface area (Å²) in [4.78, 5) is 0. The van der Waals surface area contributed by atoms with Gasteiger partial charge in [0.15, 0.2) is 0 Å². The second kappa shape index (κ2) is 4.84. The molecule has 0 amide bonds. The molecule has 0 aliphatic heterocycles. The van der Waals surface area contributed by atoms with Crippen LogP contribution in [0.4, 0.5) is 0 Å². The van der Waals surface area contributed by atoms with Crippen LogP contribution in [0.1, 0.15) is 51.9 Å². The molecule has 0 atom stereocenters. The van der Waals surface area contributed by atoms with E-state index in [9.17, 15) is 0 Å². The maximum atomic E-state index is 5.97. The molecule has 0 spiro atoms. The third-order valence-electron chi connectivity index (χ3n) is 4.49. The van der Waals surface area contributed by atoms with Crippen molar-refractivity contribution in [2.75, 3.05) is 13.1 Å². The first kappa shape index (κ1) is 11.4. The smallest absolute Gasteiger partial charge is 0.0304 e. The molecule has 88 valence electrons. The van der Waals surface area contributed by atoms with Crippen molar-refractivity contribution in [1.82, 2.24) is 5.32 Å². The van der Waals surface area contributed by atoms with Crippen LogP contribution in [0, 0.1) is 11.8 Å². The quantitative estimate of drug-likeness (QED) is 0.730. The summed E-state index contributed by atoms with van der Waals surface area (Å²) in [5.74, 6) is 1.93. The summed E-state index contributed by atoms with van der Waals surface area (Å²) in [6.45, 7) is 4.36. The Balaban J connectivity index is 1.79. The molecular formula is C13H26N2. The summed E-state index contributed by atoms with van der Waals surface area (Å²) in [6, 6.07) is 0. The third-order valence-corrected chi connectivity index (χ3v) is 4.49. The van der Waals surface area contributed by atoms with Crippen molar-refractivity contribution in [1.29, 1.82) is 0 Å². The minimum Gasteiger partial charge on any atom is -0.329 e. The van der Waals surface area contributed by atoms with Gasteiger partial charge < -0.3 is 11.1 Å². The van der Waals surface area contributed by atoms with Gasteiger partial charge in [-0.05, 0) is 56.9 Å². The van der Waals surface area contributed by atoms with Crippen LogP contribution in [-0.2, 0) is 0 Å². The van der Waals surface area contributed by atoms with E-state index < -0.39 is 0 Å². The van der Waals surface area contributed by atoms with Gasteiger partial charge in [0.05, 0.1) is 0 Å². The largest absolute Gasteiger partial charge is 0.329 e. The molecule has 0 heterocycles. The fraction of sp³-hybridized carbons (Fsp3) is 1.00. The lowest BCUT2D eigenvalue weighted by Crippen LogP contribution is -2.53. The monoisotopic (exact) mass is 210 g/mol. The average molecular weight is 210 g/mol. The molecule has 2 aliphatic carbocycles. The predicted molar refractivity (Wildman–Crippen MR) is 64.8 cm³/mol. The van der Waals surface area contributed by atoms with Crippen LogP contribution in [0.2, 0.25) is 0 Å². The molecule has 2 saturated carbocycles. The molecule has 2 fully saturated rings. The Bertz CT molecular complexity index is 191. The average Bonchev–Trinajstić information content (AvgIpc) is 3.11. The normalized spacial score (nSPS) is 36.8. The first-order chi connectivity index (χ1) is 7.28. The molecule has 0 radical (unpaired) electrons. The summed E-state index contributed by atoms with van der Waals surface area (Å²) < 4.78 is 0. The van der Waals surface area contributed by atoms with Crippen molar-refractivity contribution in [3.63, 3.8) is 0 Å². The SMILES string of the molecule is CCC1CCC(CN)(NCC2CC2)CC1. The van der Waals surface area contributed by atoms with E-state index in [2.05, 4.69) is 12.2 Å². The van der Waals surface area contributed by atoms with Gasteiger partial charge in [0, 0.05) is 12.1 Å². The molecule has 15 heavy (non-hydrogen) atoms. The van der Waals surface area contributed by atoms with E-state index in [0.717, 1.165) is 18.4 Å². The highest BCUT2D eigenvalue weighted by molar-refractivity contribution is 4.95. The maximum Gasteiger partial charge on any atom is 0.0304 e. The van der Waals surface area contributed by atoms with Crippen LogP contribution in [0.15, 0.2) is 0 Å². The molecule has 0 bridgehead atoms. The third kappa shape index (κ3) is 2.94. The van der Waals surface area contributed by atoms with Gasteiger partial charge in [0.25, 0.3) is 0 Å². The van der Waals surface area contributed by atoms with Crippen molar-refractivity contribution >= 4 is 0 Å². The second-order valence-corrected chi connectivity index (χ2v) is 5.66. The fourth-order valence-electron chi connectivity index (χ4n) is 2.77. The Labute approximate surface area is 94.0 Å². The van der Waals surface area contributed by atoms with Crippen LogP contribution in [0.3, 0.4) is 0 Å². The molecule has 2 aliphatic rings. The first-order valence-corrected chi connectivity index (χ1v) is 6.73. The predicted octanol–water partition coefficient (Wildman–Crippen LogP) is 2.28. The van der Waals surface area contributed by atoms with Crippen molar-refractivity contribution in [2.45, 2.75) is 57.4 Å². The van der Waals surface area contributed by atoms with Gasteiger partial charge in [-0.25, -0.2) is 0 Å². The zero-order valence-corrected chi connectivity index (χ0v) is 10.1. The van der Waals surface area contributed by atoms with E-state index in [1.54, 1.807) is 0 Å². The highest BCUT2D eigenvalue weighted by atomic mass is 15.0. The van der Waals surface area contributed by atoms with Crippen LogP contribution >= 0.6 is 0 Å². The molecule has 0 aromatic carbocycles. The van der Waals surface area contributed by atoms with Gasteiger partial charge in [-0.2, -0.15) is 0 Å². The van der Waals surface area contributed by atoms with Crippen molar-refractivity contribution < 1.29 is 0 Å². The van der Waals surface area contributed by atoms with E-state index in [4.69, 9.17) is 5.73 Å². The molecule has 0 saturated heterocycles. The lowest BCUT2D eigenvalue weighted by Gasteiger charge is -2.40. The van der Waals surface area contributed by atoms with Crippen LogP contribution in [-0.4, -0.2) is 18.6 Å². The summed E-state index contributed by atoms with van der Waals surface area (Å²) >= 11 is 0. The second-order valence-electron chi connectivity index (χ2n) is 5.66. The van der Waals surface area contributed by atoms with Gasteiger partial charge in [0.2, 0.25) is 0 Å². The Morgan fingerprint density at radius 1 is 1.13 bits per heavy atom. The Hall–Kier alpha value is -0.0800. The van der Waals surface area contributed by atoms with Gasteiger partial charge in [-0.1, -0.05) is 13.3 Å². The summed E-state index contributed by atoms with van der Waals surface area (Å²) in [5.41, 5.74) is 6.27. The van der Waals surface area contributed by atoms with Gasteiger partial charge >= 0.3 is 0 Å². The van der Waals surface area contributed by atoms with E-state index in [0.29, 0.717) is 5.54 Å². The molecule has 0 aromatic rings. The zero-order chi connectivity index (χ0) is 10.7. The van der Waals surface area contributed by atoms with Gasteiger partial charge in [-0.3, -0.25) is 0 Å². The van der Waals surface area contributed by atoms with Crippen molar-refractivity contribution in [3.05, 3.63) is 0 Å². The Morgan fingerprint density at radius 2 is 1.80 bits per heavy atom. The summed E-state index contributed by atoms with van der Waals surface area (Å²) in [6.07, 6.45) is 9.58. The topological polar surface area (TPSA) is 38.0 Å².